The topological polar surface area (TPSA) is 85.4 Å². The molecule has 2 fully saturated rings. The van der Waals surface area contributed by atoms with Crippen LogP contribution >= 0.6 is 0 Å². The van der Waals surface area contributed by atoms with Crippen molar-refractivity contribution in [2.24, 2.45) is 5.41 Å². The summed E-state index contributed by atoms with van der Waals surface area (Å²) < 4.78 is 16.8. The van der Waals surface area contributed by atoms with Gasteiger partial charge in [0, 0.05) is 19.6 Å². The zero-order valence-corrected chi connectivity index (χ0v) is 19.5. The number of esters is 1. The molecular formula is C26H30N2O6. The highest BCUT2D eigenvalue weighted by molar-refractivity contribution is 6.02. The number of rotatable bonds is 6. The van der Waals surface area contributed by atoms with E-state index < -0.39 is 17.5 Å². The molecule has 0 unspecified atom stereocenters. The van der Waals surface area contributed by atoms with E-state index in [2.05, 4.69) is 0 Å². The minimum atomic E-state index is -1.36. The highest BCUT2D eigenvalue weighted by Gasteiger charge is 2.49. The Bertz CT molecular complexity index is 1010. The van der Waals surface area contributed by atoms with E-state index in [0.29, 0.717) is 19.7 Å². The third-order valence-electron chi connectivity index (χ3n) is 6.29. The van der Waals surface area contributed by atoms with E-state index in [1.807, 2.05) is 60.7 Å². The van der Waals surface area contributed by atoms with Crippen molar-refractivity contribution in [1.82, 2.24) is 9.80 Å². The maximum atomic E-state index is 13.3. The average molecular weight is 467 g/mol. The van der Waals surface area contributed by atoms with Crippen LogP contribution in [0.4, 0.5) is 4.79 Å². The molecule has 2 aliphatic rings. The predicted molar refractivity (Wildman–Crippen MR) is 123 cm³/mol. The Balaban J connectivity index is 1.35. The molecular weight excluding hydrogens is 436 g/mol. The molecule has 2 atom stereocenters. The zero-order valence-electron chi connectivity index (χ0n) is 19.5. The van der Waals surface area contributed by atoms with Gasteiger partial charge < -0.3 is 19.1 Å². The first-order valence-corrected chi connectivity index (χ1v) is 11.5. The summed E-state index contributed by atoms with van der Waals surface area (Å²) >= 11 is 0. The maximum Gasteiger partial charge on any atom is 0.410 e. The summed E-state index contributed by atoms with van der Waals surface area (Å²) in [4.78, 5) is 42.0. The van der Waals surface area contributed by atoms with Crippen molar-refractivity contribution in [2.45, 2.75) is 39.2 Å². The molecule has 2 saturated heterocycles. The average Bonchev–Trinajstić information content (AvgIpc) is 3.31. The number of fused-ring (bicyclic) bond motifs is 1. The normalized spacial score (nSPS) is 19.9. The Labute approximate surface area is 199 Å². The molecule has 0 aliphatic carbocycles. The molecule has 180 valence electrons. The summed E-state index contributed by atoms with van der Waals surface area (Å²) in [7, 11) is 0. The molecule has 2 aliphatic heterocycles. The van der Waals surface area contributed by atoms with Crippen LogP contribution in [-0.2, 0) is 37.0 Å². The molecule has 0 bridgehead atoms. The molecule has 34 heavy (non-hydrogen) atoms. The van der Waals surface area contributed by atoms with Crippen LogP contribution in [0.3, 0.4) is 0 Å². The minimum Gasteiger partial charge on any atom is -0.460 e. The van der Waals surface area contributed by atoms with E-state index in [1.54, 1.807) is 23.6 Å². The van der Waals surface area contributed by atoms with Crippen LogP contribution in [0.1, 0.15) is 25.0 Å². The Morgan fingerprint density at radius 3 is 2.12 bits per heavy atom. The fourth-order valence-electron chi connectivity index (χ4n) is 4.27. The molecule has 4 rings (SSSR count). The van der Waals surface area contributed by atoms with Crippen LogP contribution in [0, 0.1) is 5.41 Å². The number of hydrogen-bond acceptors (Lipinski definition) is 6. The molecule has 0 saturated carbocycles. The first-order chi connectivity index (χ1) is 16.4. The van der Waals surface area contributed by atoms with Crippen molar-refractivity contribution in [3.05, 3.63) is 71.8 Å². The maximum absolute atomic E-state index is 13.3. The molecule has 0 aromatic heterocycles. The van der Waals surface area contributed by atoms with Crippen molar-refractivity contribution in [1.29, 1.82) is 0 Å². The van der Waals surface area contributed by atoms with Gasteiger partial charge in [0.1, 0.15) is 18.6 Å². The largest absolute Gasteiger partial charge is 0.460 e. The standard InChI is InChI=1S/C26H30N2O6/c1-26(2,24(30)33-17-19-9-5-3-6-10-19)23(29)27-15-21-22(16-27)32-14-13-28(21)25(31)34-18-20-11-7-4-8-12-20/h3-12,21-22H,13-18H2,1-2H3/t21-,22+/m1/s1. The fraction of sp³-hybridized carbons (Fsp3) is 0.423. The smallest absolute Gasteiger partial charge is 0.410 e. The number of carbonyl (C=O) groups is 3. The number of amides is 2. The highest BCUT2D eigenvalue weighted by atomic mass is 16.6. The van der Waals surface area contributed by atoms with Crippen LogP contribution in [0.15, 0.2) is 60.7 Å². The van der Waals surface area contributed by atoms with Gasteiger partial charge in [-0.1, -0.05) is 60.7 Å². The van der Waals surface area contributed by atoms with Crippen LogP contribution in [0.5, 0.6) is 0 Å². The van der Waals surface area contributed by atoms with Crippen molar-refractivity contribution in [2.75, 3.05) is 26.2 Å². The second kappa shape index (κ2) is 10.3. The number of benzene rings is 2. The SMILES string of the molecule is CC(C)(C(=O)OCc1ccccc1)C(=O)N1C[C@@H]2OCCN(C(=O)OCc3ccccc3)[C@@H]2C1. The van der Waals surface area contributed by atoms with E-state index in [9.17, 15) is 14.4 Å². The molecule has 0 spiro atoms. The van der Waals surface area contributed by atoms with Gasteiger partial charge in [-0.3, -0.25) is 14.5 Å². The number of carbonyl (C=O) groups excluding carboxylic acids is 3. The van der Waals surface area contributed by atoms with Gasteiger partial charge in [0.25, 0.3) is 0 Å². The fourth-order valence-corrected chi connectivity index (χ4v) is 4.27. The van der Waals surface area contributed by atoms with Gasteiger partial charge in [0.15, 0.2) is 0 Å². The first kappa shape index (κ1) is 23.8. The van der Waals surface area contributed by atoms with Crippen LogP contribution in [0.25, 0.3) is 0 Å². The van der Waals surface area contributed by atoms with Gasteiger partial charge in [0.2, 0.25) is 5.91 Å². The molecule has 2 amide bonds. The van der Waals surface area contributed by atoms with Crippen molar-refractivity contribution >= 4 is 18.0 Å². The second-order valence-corrected chi connectivity index (χ2v) is 9.11. The number of morpholine rings is 1. The van der Waals surface area contributed by atoms with Crippen molar-refractivity contribution < 1.29 is 28.6 Å². The first-order valence-electron chi connectivity index (χ1n) is 11.5. The van der Waals surface area contributed by atoms with Gasteiger partial charge in [-0.05, 0) is 25.0 Å². The quantitative estimate of drug-likeness (QED) is 0.481. The van der Waals surface area contributed by atoms with Gasteiger partial charge >= 0.3 is 12.1 Å². The summed E-state index contributed by atoms with van der Waals surface area (Å²) in [5.41, 5.74) is 0.394. The predicted octanol–water partition coefficient (Wildman–Crippen LogP) is 3.00. The van der Waals surface area contributed by atoms with Crippen LogP contribution in [-0.4, -0.2) is 66.2 Å². The monoisotopic (exact) mass is 466 g/mol. The molecule has 0 N–H and O–H groups in total. The van der Waals surface area contributed by atoms with E-state index >= 15 is 0 Å². The Morgan fingerprint density at radius 1 is 0.912 bits per heavy atom. The third-order valence-corrected chi connectivity index (χ3v) is 6.29. The summed E-state index contributed by atoms with van der Waals surface area (Å²) in [5.74, 6) is -0.933. The summed E-state index contributed by atoms with van der Waals surface area (Å²) in [5, 5.41) is 0. The van der Waals surface area contributed by atoms with Crippen molar-refractivity contribution in [3.8, 4) is 0 Å². The molecule has 2 aromatic carbocycles. The second-order valence-electron chi connectivity index (χ2n) is 9.11. The van der Waals surface area contributed by atoms with Gasteiger partial charge in [-0.2, -0.15) is 0 Å². The van der Waals surface area contributed by atoms with Crippen molar-refractivity contribution in [3.63, 3.8) is 0 Å². The molecule has 2 heterocycles. The third kappa shape index (κ3) is 5.22. The zero-order chi connectivity index (χ0) is 24.1. The minimum absolute atomic E-state index is 0.103. The summed E-state index contributed by atoms with van der Waals surface area (Å²) in [6.07, 6.45) is -0.754. The number of hydrogen-bond donors (Lipinski definition) is 0. The highest BCUT2D eigenvalue weighted by Crippen LogP contribution is 2.29. The van der Waals surface area contributed by atoms with Gasteiger partial charge in [-0.25, -0.2) is 4.79 Å². The van der Waals surface area contributed by atoms with E-state index in [-0.39, 0.29) is 37.8 Å². The molecule has 8 heteroatoms. The Morgan fingerprint density at radius 2 is 1.50 bits per heavy atom. The van der Waals surface area contributed by atoms with Gasteiger partial charge in [-0.15, -0.1) is 0 Å². The Hall–Kier alpha value is -3.39. The lowest BCUT2D eigenvalue weighted by Gasteiger charge is -2.35. The van der Waals surface area contributed by atoms with Crippen LogP contribution < -0.4 is 0 Å². The Kier molecular flexibility index (Phi) is 7.17. The molecule has 0 radical (unpaired) electrons. The lowest BCUT2D eigenvalue weighted by molar-refractivity contribution is -0.163. The lowest BCUT2D eigenvalue weighted by atomic mass is 9.92. The lowest BCUT2D eigenvalue weighted by Crippen LogP contribution is -2.53. The number of nitrogens with zero attached hydrogens (tertiary/aromatic N) is 2. The van der Waals surface area contributed by atoms with Gasteiger partial charge in [0.05, 0.1) is 18.8 Å². The van der Waals surface area contributed by atoms with Crippen LogP contribution in [0.2, 0.25) is 0 Å². The molecule has 8 nitrogen and oxygen atoms in total. The number of likely N-dealkylation sites (tertiary alicyclic amines) is 1. The van der Waals surface area contributed by atoms with E-state index in [1.165, 1.54) is 0 Å². The molecule has 2 aromatic rings. The number of ether oxygens (including phenoxy) is 3. The van der Waals surface area contributed by atoms with E-state index in [0.717, 1.165) is 11.1 Å². The van der Waals surface area contributed by atoms with E-state index in [4.69, 9.17) is 14.2 Å². The summed E-state index contributed by atoms with van der Waals surface area (Å²) in [6.45, 7) is 4.75. The summed E-state index contributed by atoms with van der Waals surface area (Å²) in [6, 6.07) is 18.5.